The third-order valence-corrected chi connectivity index (χ3v) is 5.89. The maximum atomic E-state index is 12.2. The van der Waals surface area contributed by atoms with E-state index in [1.807, 2.05) is 41.5 Å². The largest absolute Gasteiger partial charge is 0.506 e. The number of phenols is 2. The predicted octanol–water partition coefficient (Wildman–Crippen LogP) is 5.42. The molecule has 0 unspecified atom stereocenters. The molecule has 2 N–H and O–H groups in total. The fourth-order valence-corrected chi connectivity index (χ4v) is 4.13. The Balaban J connectivity index is 2.75. The van der Waals surface area contributed by atoms with E-state index in [1.165, 1.54) is 26.4 Å². The molecule has 0 fully saturated rings. The highest BCUT2D eigenvalue weighted by atomic mass is 32.2. The van der Waals surface area contributed by atoms with Gasteiger partial charge in [0.1, 0.15) is 11.5 Å². The van der Waals surface area contributed by atoms with Gasteiger partial charge in [-0.25, -0.2) is 9.59 Å². The fraction of sp³-hybridized carbons (Fsp3) is 0.417. The van der Waals surface area contributed by atoms with E-state index in [0.717, 1.165) is 11.8 Å². The molecule has 168 valence electrons. The van der Waals surface area contributed by atoms with E-state index in [2.05, 4.69) is 0 Å². The molecule has 0 heterocycles. The number of aromatic hydroxyl groups is 2. The number of phenolic OH excluding ortho intramolecular Hbond substituents is 2. The molecule has 0 radical (unpaired) electrons. The van der Waals surface area contributed by atoms with Crippen molar-refractivity contribution in [1.29, 1.82) is 0 Å². The second-order valence-electron chi connectivity index (χ2n) is 9.33. The highest BCUT2D eigenvalue weighted by molar-refractivity contribution is 7.99. The Morgan fingerprint density at radius 2 is 1.03 bits per heavy atom. The molecule has 0 atom stereocenters. The first-order valence-corrected chi connectivity index (χ1v) is 10.6. The van der Waals surface area contributed by atoms with Crippen LogP contribution in [-0.4, -0.2) is 36.4 Å². The first-order valence-electron chi connectivity index (χ1n) is 9.80. The predicted molar refractivity (Wildman–Crippen MR) is 120 cm³/mol. The Morgan fingerprint density at radius 3 is 1.29 bits per heavy atom. The molecule has 0 spiro atoms. The molecule has 0 bridgehead atoms. The van der Waals surface area contributed by atoms with Crippen molar-refractivity contribution in [1.82, 2.24) is 0 Å². The van der Waals surface area contributed by atoms with Gasteiger partial charge in [-0.2, -0.15) is 0 Å². The number of carbonyl (C=O) groups is 2. The number of benzene rings is 2. The first kappa shape index (κ1) is 24.6. The van der Waals surface area contributed by atoms with Crippen LogP contribution in [0.3, 0.4) is 0 Å². The van der Waals surface area contributed by atoms with Gasteiger partial charge in [0.25, 0.3) is 0 Å². The molecule has 31 heavy (non-hydrogen) atoms. The van der Waals surface area contributed by atoms with Crippen LogP contribution >= 0.6 is 11.8 Å². The van der Waals surface area contributed by atoms with Crippen LogP contribution in [0.1, 0.15) is 73.4 Å². The van der Waals surface area contributed by atoms with Crippen molar-refractivity contribution in [2.45, 2.75) is 62.2 Å². The Labute approximate surface area is 187 Å². The van der Waals surface area contributed by atoms with Crippen molar-refractivity contribution in [3.8, 4) is 11.5 Å². The lowest BCUT2D eigenvalue weighted by molar-refractivity contribution is 0.0591. The average molecular weight is 447 g/mol. The second-order valence-corrected chi connectivity index (χ2v) is 10.4. The zero-order valence-corrected chi connectivity index (χ0v) is 20.1. The minimum Gasteiger partial charge on any atom is -0.506 e. The monoisotopic (exact) mass is 446 g/mol. The third kappa shape index (κ3) is 5.34. The summed E-state index contributed by atoms with van der Waals surface area (Å²) in [7, 11) is 2.58. The first-order chi connectivity index (χ1) is 14.2. The Hall–Kier alpha value is -2.67. The topological polar surface area (TPSA) is 93.1 Å². The van der Waals surface area contributed by atoms with Gasteiger partial charge < -0.3 is 19.7 Å². The molecule has 0 aliphatic carbocycles. The van der Waals surface area contributed by atoms with Crippen LogP contribution in [0.5, 0.6) is 11.5 Å². The van der Waals surface area contributed by atoms with Crippen LogP contribution in [0.2, 0.25) is 0 Å². The molecule has 2 aromatic carbocycles. The van der Waals surface area contributed by atoms with Crippen molar-refractivity contribution >= 4 is 23.7 Å². The molecule has 0 amide bonds. The van der Waals surface area contributed by atoms with Gasteiger partial charge >= 0.3 is 11.9 Å². The van der Waals surface area contributed by atoms with E-state index >= 15 is 0 Å². The summed E-state index contributed by atoms with van der Waals surface area (Å²) in [6.07, 6.45) is 0. The highest BCUT2D eigenvalue weighted by Gasteiger charge is 2.27. The van der Waals surface area contributed by atoms with Gasteiger partial charge in [-0.3, -0.25) is 0 Å². The van der Waals surface area contributed by atoms with E-state index in [1.54, 1.807) is 12.1 Å². The van der Waals surface area contributed by atoms with Crippen molar-refractivity contribution in [3.05, 3.63) is 46.5 Å². The Kier molecular flexibility index (Phi) is 7.00. The summed E-state index contributed by atoms with van der Waals surface area (Å²) < 4.78 is 9.72. The number of esters is 2. The Morgan fingerprint density at radius 1 is 0.710 bits per heavy atom. The molecule has 0 aromatic heterocycles. The number of hydrogen-bond donors (Lipinski definition) is 2. The van der Waals surface area contributed by atoms with Crippen LogP contribution < -0.4 is 0 Å². The summed E-state index contributed by atoms with van der Waals surface area (Å²) >= 11 is 1.07. The smallest absolute Gasteiger partial charge is 0.337 e. The SMILES string of the molecule is COC(=O)c1cc(Sc2cc(C(=O)OC)cc(C(C)(C)C)c2O)c(O)c(C(C)(C)C)c1. The number of hydrogen-bond acceptors (Lipinski definition) is 7. The molecule has 6 nitrogen and oxygen atoms in total. The summed E-state index contributed by atoms with van der Waals surface area (Å²) in [5, 5.41) is 21.9. The summed E-state index contributed by atoms with van der Waals surface area (Å²) in [6, 6.07) is 6.25. The van der Waals surface area contributed by atoms with E-state index in [9.17, 15) is 19.8 Å². The quantitative estimate of drug-likeness (QED) is 0.606. The van der Waals surface area contributed by atoms with Crippen LogP contribution in [0, 0.1) is 0 Å². The molecule has 0 saturated carbocycles. The van der Waals surface area contributed by atoms with Gasteiger partial charge in [0.15, 0.2) is 0 Å². The van der Waals surface area contributed by atoms with E-state index in [-0.39, 0.29) is 22.6 Å². The van der Waals surface area contributed by atoms with Crippen LogP contribution in [-0.2, 0) is 20.3 Å². The lowest BCUT2D eigenvalue weighted by Crippen LogP contribution is -2.14. The average Bonchev–Trinajstić information content (AvgIpc) is 2.67. The maximum Gasteiger partial charge on any atom is 0.337 e. The maximum absolute atomic E-state index is 12.2. The third-order valence-electron chi connectivity index (χ3n) is 4.83. The summed E-state index contributed by atoms with van der Waals surface area (Å²) in [4.78, 5) is 25.2. The molecule has 0 saturated heterocycles. The molecule has 2 aromatic rings. The van der Waals surface area contributed by atoms with Crippen LogP contribution in [0.4, 0.5) is 0 Å². The number of carbonyl (C=O) groups excluding carboxylic acids is 2. The lowest BCUT2D eigenvalue weighted by Gasteiger charge is -2.24. The zero-order valence-electron chi connectivity index (χ0n) is 19.2. The van der Waals surface area contributed by atoms with E-state index < -0.39 is 22.8 Å². The molecular formula is C24H30O6S. The van der Waals surface area contributed by atoms with Crippen molar-refractivity contribution < 1.29 is 29.3 Å². The zero-order chi connectivity index (χ0) is 23.7. The van der Waals surface area contributed by atoms with Gasteiger partial charge in [0, 0.05) is 11.1 Å². The van der Waals surface area contributed by atoms with Crippen molar-refractivity contribution in [3.63, 3.8) is 0 Å². The van der Waals surface area contributed by atoms with E-state index in [0.29, 0.717) is 20.9 Å². The molecule has 0 aliphatic heterocycles. The summed E-state index contributed by atoms with van der Waals surface area (Å²) in [5.74, 6) is -1.05. The van der Waals surface area contributed by atoms with E-state index in [4.69, 9.17) is 9.47 Å². The van der Waals surface area contributed by atoms with Gasteiger partial charge in [0.05, 0.1) is 35.1 Å². The van der Waals surface area contributed by atoms with Crippen molar-refractivity contribution in [2.75, 3.05) is 14.2 Å². The number of methoxy groups -OCH3 is 2. The normalized spacial score (nSPS) is 11.9. The number of ether oxygens (including phenoxy) is 2. The molecule has 2 rings (SSSR count). The van der Waals surface area contributed by atoms with Gasteiger partial charge in [-0.15, -0.1) is 0 Å². The van der Waals surface area contributed by atoms with Gasteiger partial charge in [-0.05, 0) is 35.1 Å². The minimum absolute atomic E-state index is 0.00494. The van der Waals surface area contributed by atoms with Crippen LogP contribution in [0.15, 0.2) is 34.1 Å². The molecular weight excluding hydrogens is 416 g/mol. The van der Waals surface area contributed by atoms with Gasteiger partial charge in [0.2, 0.25) is 0 Å². The molecule has 7 heteroatoms. The minimum atomic E-state index is -0.532. The Bertz CT molecular complexity index is 931. The number of rotatable bonds is 4. The lowest BCUT2D eigenvalue weighted by atomic mass is 9.85. The van der Waals surface area contributed by atoms with Gasteiger partial charge in [-0.1, -0.05) is 53.3 Å². The standard InChI is InChI=1S/C24H30O6S/c1-23(2,3)15-9-13(21(27)29-7)11-17(19(15)25)31-18-12-14(22(28)30-8)10-16(20(18)26)24(4,5)6/h9-12,25-26H,1-8H3. The summed E-state index contributed by atoms with van der Waals surface area (Å²) in [5.41, 5.74) is 0.807. The van der Waals surface area contributed by atoms with Crippen molar-refractivity contribution in [2.24, 2.45) is 0 Å². The van der Waals surface area contributed by atoms with Crippen LogP contribution in [0.25, 0.3) is 0 Å². The fourth-order valence-electron chi connectivity index (χ4n) is 3.10. The highest BCUT2D eigenvalue weighted by Crippen LogP contribution is 2.46. The summed E-state index contributed by atoms with van der Waals surface area (Å²) in [6.45, 7) is 11.5. The second kappa shape index (κ2) is 8.83. The molecule has 0 aliphatic rings.